The van der Waals surface area contributed by atoms with Gasteiger partial charge in [0.2, 0.25) is 5.91 Å². The van der Waals surface area contributed by atoms with Crippen LogP contribution in [0, 0.1) is 0 Å². The molecule has 0 spiro atoms. The number of nitrogens with one attached hydrogen (secondary N) is 1. The minimum absolute atomic E-state index is 0.118. The molecule has 1 aliphatic heterocycles. The van der Waals surface area contributed by atoms with Crippen molar-refractivity contribution in [1.82, 2.24) is 4.98 Å². The van der Waals surface area contributed by atoms with Crippen molar-refractivity contribution in [2.45, 2.75) is 12.5 Å². The molecule has 0 saturated carbocycles. The van der Waals surface area contributed by atoms with Crippen molar-refractivity contribution < 1.29 is 14.3 Å². The average molecular weight is 408 g/mol. The molecular weight excluding hydrogens is 388 g/mol. The second kappa shape index (κ2) is 8.32. The number of hydrogen-bond acceptors (Lipinski definition) is 4. The fourth-order valence-corrected chi connectivity index (χ4v) is 3.72. The first-order chi connectivity index (χ1) is 15.3. The summed E-state index contributed by atoms with van der Waals surface area (Å²) in [5.74, 6) is 1.51. The van der Waals surface area contributed by atoms with Crippen LogP contribution in [0.4, 0.5) is 5.69 Å². The van der Waals surface area contributed by atoms with Gasteiger partial charge in [-0.15, -0.1) is 0 Å². The van der Waals surface area contributed by atoms with E-state index in [0.29, 0.717) is 29.5 Å². The smallest absolute Gasteiger partial charge is 0.236 e. The second-order valence-corrected chi connectivity index (χ2v) is 7.28. The van der Waals surface area contributed by atoms with E-state index in [-0.39, 0.29) is 5.91 Å². The third-order valence-electron chi connectivity index (χ3n) is 5.17. The Hall–Kier alpha value is -4.12. The summed E-state index contributed by atoms with van der Waals surface area (Å²) in [4.78, 5) is 17.5. The van der Waals surface area contributed by atoms with Crippen molar-refractivity contribution in [2.75, 3.05) is 5.32 Å². The molecule has 1 N–H and O–H groups in total. The third-order valence-corrected chi connectivity index (χ3v) is 5.17. The zero-order chi connectivity index (χ0) is 21.0. The lowest BCUT2D eigenvalue weighted by molar-refractivity contribution is -0.116. The van der Waals surface area contributed by atoms with Gasteiger partial charge in [-0.05, 0) is 30.3 Å². The van der Waals surface area contributed by atoms with Crippen molar-refractivity contribution in [3.63, 3.8) is 0 Å². The Morgan fingerprint density at radius 3 is 2.35 bits per heavy atom. The molecule has 0 radical (unpaired) electrons. The number of aromatic nitrogens is 1. The van der Waals surface area contributed by atoms with Crippen LogP contribution in [0.2, 0.25) is 0 Å². The molecule has 1 aromatic heterocycles. The molecule has 1 amide bonds. The number of fused-ring (bicyclic) bond motifs is 2. The van der Waals surface area contributed by atoms with E-state index in [0.717, 1.165) is 16.7 Å². The number of carbonyl (C=O) groups is 1. The van der Waals surface area contributed by atoms with E-state index >= 15 is 0 Å². The first kappa shape index (κ1) is 18.9. The normalized spacial score (nSPS) is 12.3. The first-order valence-electron chi connectivity index (χ1n) is 10.1. The number of ether oxygens (including phenoxy) is 2. The van der Waals surface area contributed by atoms with Gasteiger partial charge in [0, 0.05) is 40.8 Å². The number of carbonyl (C=O) groups excluding carboxylic acids is 1. The predicted molar refractivity (Wildman–Crippen MR) is 118 cm³/mol. The van der Waals surface area contributed by atoms with Gasteiger partial charge in [0.05, 0.1) is 5.92 Å². The third kappa shape index (κ3) is 3.98. The molecule has 4 aromatic rings. The van der Waals surface area contributed by atoms with Gasteiger partial charge in [-0.3, -0.25) is 9.78 Å². The van der Waals surface area contributed by atoms with Gasteiger partial charge in [-0.1, -0.05) is 48.5 Å². The highest BCUT2D eigenvalue weighted by Crippen LogP contribution is 2.44. The first-order valence-corrected chi connectivity index (χ1v) is 10.1. The van der Waals surface area contributed by atoms with Crippen molar-refractivity contribution in [3.8, 4) is 17.2 Å². The van der Waals surface area contributed by atoms with Crippen LogP contribution in [0.5, 0.6) is 17.2 Å². The quantitative estimate of drug-likeness (QED) is 0.471. The Balaban J connectivity index is 1.37. The lowest BCUT2D eigenvalue weighted by Gasteiger charge is -2.27. The van der Waals surface area contributed by atoms with Crippen LogP contribution in [0.1, 0.15) is 22.6 Å². The molecule has 0 saturated heterocycles. The largest absolute Gasteiger partial charge is 0.489 e. The van der Waals surface area contributed by atoms with E-state index in [9.17, 15) is 4.79 Å². The molecule has 0 aliphatic carbocycles. The maximum Gasteiger partial charge on any atom is 0.236 e. The average Bonchev–Trinajstić information content (AvgIpc) is 2.82. The van der Waals surface area contributed by atoms with Crippen molar-refractivity contribution >= 4 is 11.6 Å². The molecule has 0 fully saturated rings. The number of pyridine rings is 1. The minimum Gasteiger partial charge on any atom is -0.489 e. The SMILES string of the molecule is O=C(Nc1cccc(OCc2cccnc2)c1)C1c2ccccc2Oc2ccccc21. The Kier molecular flexibility index (Phi) is 5.07. The van der Waals surface area contributed by atoms with E-state index in [4.69, 9.17) is 9.47 Å². The standard InChI is InChI=1S/C26H20N2O3/c29-26(25-21-10-1-3-12-23(21)31-24-13-4-2-11-22(24)25)28-19-8-5-9-20(15-19)30-17-18-7-6-14-27-16-18/h1-16,25H,17H2,(H,28,29). The van der Waals surface area contributed by atoms with Crippen LogP contribution in [0.15, 0.2) is 97.3 Å². The second-order valence-electron chi connectivity index (χ2n) is 7.28. The molecule has 152 valence electrons. The highest BCUT2D eigenvalue weighted by Gasteiger charge is 2.32. The van der Waals surface area contributed by atoms with E-state index in [1.54, 1.807) is 12.4 Å². The number of rotatable bonds is 5. The van der Waals surface area contributed by atoms with Crippen LogP contribution in [0.3, 0.4) is 0 Å². The van der Waals surface area contributed by atoms with Gasteiger partial charge in [0.25, 0.3) is 0 Å². The van der Waals surface area contributed by atoms with Crippen molar-refractivity contribution in [3.05, 3.63) is 114 Å². The Labute approximate surface area is 180 Å². The van der Waals surface area contributed by atoms with Crippen LogP contribution in [-0.2, 0) is 11.4 Å². The number of para-hydroxylation sites is 2. The topological polar surface area (TPSA) is 60.5 Å². The fourth-order valence-electron chi connectivity index (χ4n) is 3.72. The zero-order valence-corrected chi connectivity index (χ0v) is 16.7. The highest BCUT2D eigenvalue weighted by molar-refractivity contribution is 5.99. The molecule has 1 aliphatic rings. The summed E-state index contributed by atoms with van der Waals surface area (Å²) in [5.41, 5.74) is 3.35. The number of benzene rings is 3. The molecular formula is C26H20N2O3. The lowest BCUT2D eigenvalue weighted by Crippen LogP contribution is -2.25. The number of anilines is 1. The summed E-state index contributed by atoms with van der Waals surface area (Å²) in [6, 6.07) is 26.5. The fraction of sp³-hybridized carbons (Fsp3) is 0.0769. The van der Waals surface area contributed by atoms with E-state index in [1.807, 2.05) is 84.9 Å². The maximum absolute atomic E-state index is 13.4. The highest BCUT2D eigenvalue weighted by atomic mass is 16.5. The molecule has 0 unspecified atom stereocenters. The molecule has 0 bridgehead atoms. The number of amides is 1. The molecule has 5 rings (SSSR count). The zero-order valence-electron chi connectivity index (χ0n) is 16.7. The molecule has 5 heteroatoms. The maximum atomic E-state index is 13.4. The van der Waals surface area contributed by atoms with E-state index in [2.05, 4.69) is 10.3 Å². The molecule has 2 heterocycles. The number of nitrogens with zero attached hydrogens (tertiary/aromatic N) is 1. The Bertz CT molecular complexity index is 1180. The minimum atomic E-state index is -0.457. The van der Waals surface area contributed by atoms with Gasteiger partial charge in [-0.25, -0.2) is 0 Å². The van der Waals surface area contributed by atoms with Gasteiger partial charge in [0.15, 0.2) is 0 Å². The lowest BCUT2D eigenvalue weighted by atomic mass is 9.87. The summed E-state index contributed by atoms with van der Waals surface area (Å²) < 4.78 is 11.9. The molecule has 0 atom stereocenters. The monoisotopic (exact) mass is 408 g/mol. The summed E-state index contributed by atoms with van der Waals surface area (Å²) in [6.07, 6.45) is 3.50. The van der Waals surface area contributed by atoms with Crippen LogP contribution in [0.25, 0.3) is 0 Å². The van der Waals surface area contributed by atoms with Crippen LogP contribution >= 0.6 is 0 Å². The molecule has 3 aromatic carbocycles. The van der Waals surface area contributed by atoms with Crippen LogP contribution in [-0.4, -0.2) is 10.9 Å². The number of hydrogen-bond donors (Lipinski definition) is 1. The van der Waals surface area contributed by atoms with Crippen molar-refractivity contribution in [2.24, 2.45) is 0 Å². The van der Waals surface area contributed by atoms with Gasteiger partial charge in [0.1, 0.15) is 23.9 Å². The Morgan fingerprint density at radius 2 is 1.65 bits per heavy atom. The summed E-state index contributed by atoms with van der Waals surface area (Å²) in [6.45, 7) is 0.409. The summed E-state index contributed by atoms with van der Waals surface area (Å²) in [7, 11) is 0. The Morgan fingerprint density at radius 1 is 0.903 bits per heavy atom. The molecule has 5 nitrogen and oxygen atoms in total. The van der Waals surface area contributed by atoms with E-state index in [1.165, 1.54) is 0 Å². The van der Waals surface area contributed by atoms with Crippen LogP contribution < -0.4 is 14.8 Å². The van der Waals surface area contributed by atoms with Gasteiger partial charge >= 0.3 is 0 Å². The van der Waals surface area contributed by atoms with E-state index < -0.39 is 5.92 Å². The molecule has 31 heavy (non-hydrogen) atoms. The van der Waals surface area contributed by atoms with Gasteiger partial charge < -0.3 is 14.8 Å². The van der Waals surface area contributed by atoms with Crippen molar-refractivity contribution in [1.29, 1.82) is 0 Å². The predicted octanol–water partition coefficient (Wildman–Crippen LogP) is 5.54. The summed E-state index contributed by atoms with van der Waals surface area (Å²) in [5, 5.41) is 3.05. The summed E-state index contributed by atoms with van der Waals surface area (Å²) >= 11 is 0. The van der Waals surface area contributed by atoms with Gasteiger partial charge in [-0.2, -0.15) is 0 Å².